The Morgan fingerprint density at radius 2 is 1.78 bits per heavy atom. The van der Waals surface area contributed by atoms with E-state index in [0.717, 1.165) is 0 Å². The van der Waals surface area contributed by atoms with Crippen LogP contribution in [0.1, 0.15) is 18.1 Å². The van der Waals surface area contributed by atoms with Crippen molar-refractivity contribution < 1.29 is 22.7 Å². The summed E-state index contributed by atoms with van der Waals surface area (Å²) in [6.07, 6.45) is -6.04. The highest BCUT2D eigenvalue weighted by atomic mass is 19.4. The Kier molecular flexibility index (Phi) is 5.10. The third-order valence-electron chi connectivity index (χ3n) is 2.52. The molecule has 0 radical (unpaired) electrons. The Morgan fingerprint density at radius 1 is 1.22 bits per heavy atom. The topological polar surface area (TPSA) is 23.5 Å². The van der Waals surface area contributed by atoms with Crippen molar-refractivity contribution in [2.45, 2.75) is 18.7 Å². The van der Waals surface area contributed by atoms with Gasteiger partial charge in [-0.2, -0.15) is 13.2 Å². The third kappa shape index (κ3) is 5.46. The number of benzene rings is 1. The van der Waals surface area contributed by atoms with Crippen LogP contribution in [0.15, 0.2) is 24.3 Å². The van der Waals surface area contributed by atoms with E-state index in [-0.39, 0.29) is 13.1 Å². The minimum atomic E-state index is -4.20. The number of likely N-dealkylation sites (N-methyl/N-ethyl adjacent to an activating group) is 1. The first-order valence-electron chi connectivity index (χ1n) is 5.47. The largest absolute Gasteiger partial charge is 0.390 e. The highest BCUT2D eigenvalue weighted by Crippen LogP contribution is 2.20. The summed E-state index contributed by atoms with van der Waals surface area (Å²) in [5.41, 5.74) is 0.482. The number of halogens is 4. The van der Waals surface area contributed by atoms with Gasteiger partial charge in [0, 0.05) is 13.1 Å². The SMILES string of the molecule is CN(CCC(F)(F)F)CC(O)c1ccc(F)cc1. The van der Waals surface area contributed by atoms with E-state index < -0.39 is 24.5 Å². The zero-order chi connectivity index (χ0) is 13.8. The Bertz CT molecular complexity index is 363. The molecule has 0 heterocycles. The van der Waals surface area contributed by atoms with E-state index in [1.807, 2.05) is 0 Å². The quantitative estimate of drug-likeness (QED) is 0.827. The third-order valence-corrected chi connectivity index (χ3v) is 2.52. The molecule has 1 rings (SSSR count). The van der Waals surface area contributed by atoms with Crippen LogP contribution in [0.25, 0.3) is 0 Å². The van der Waals surface area contributed by atoms with Gasteiger partial charge in [-0.1, -0.05) is 12.1 Å². The molecule has 0 fully saturated rings. The van der Waals surface area contributed by atoms with Gasteiger partial charge in [-0.15, -0.1) is 0 Å². The molecule has 0 aliphatic heterocycles. The first-order valence-corrected chi connectivity index (χ1v) is 5.47. The lowest BCUT2D eigenvalue weighted by molar-refractivity contribution is -0.137. The second-order valence-corrected chi connectivity index (χ2v) is 4.19. The van der Waals surface area contributed by atoms with E-state index in [0.29, 0.717) is 5.56 Å². The van der Waals surface area contributed by atoms with Crippen molar-refractivity contribution in [3.8, 4) is 0 Å². The maximum Gasteiger partial charge on any atom is 0.390 e. The van der Waals surface area contributed by atoms with E-state index in [4.69, 9.17) is 0 Å². The summed E-state index contributed by atoms with van der Waals surface area (Å²) >= 11 is 0. The first kappa shape index (κ1) is 14.9. The van der Waals surface area contributed by atoms with Gasteiger partial charge < -0.3 is 10.0 Å². The average Bonchev–Trinajstić information content (AvgIpc) is 2.26. The molecule has 1 N–H and O–H groups in total. The summed E-state index contributed by atoms with van der Waals surface area (Å²) in [6.45, 7) is -0.108. The monoisotopic (exact) mass is 265 g/mol. The molecule has 0 amide bonds. The molecule has 2 nitrogen and oxygen atoms in total. The molecule has 0 aliphatic carbocycles. The number of hydrogen-bond donors (Lipinski definition) is 1. The van der Waals surface area contributed by atoms with Crippen LogP contribution >= 0.6 is 0 Å². The van der Waals surface area contributed by atoms with E-state index in [1.165, 1.54) is 36.2 Å². The molecule has 1 unspecified atom stereocenters. The van der Waals surface area contributed by atoms with Gasteiger partial charge in [-0.3, -0.25) is 0 Å². The van der Waals surface area contributed by atoms with Crippen molar-refractivity contribution in [2.24, 2.45) is 0 Å². The predicted octanol–water partition coefficient (Wildman–Crippen LogP) is 2.74. The second kappa shape index (κ2) is 6.15. The van der Waals surface area contributed by atoms with Gasteiger partial charge in [0.15, 0.2) is 0 Å². The summed E-state index contributed by atoms with van der Waals surface area (Å²) < 4.78 is 48.6. The van der Waals surface area contributed by atoms with Crippen LogP contribution in [0.2, 0.25) is 0 Å². The Balaban J connectivity index is 2.44. The smallest absolute Gasteiger partial charge is 0.387 e. The van der Waals surface area contributed by atoms with Crippen LogP contribution in [0, 0.1) is 5.82 Å². The van der Waals surface area contributed by atoms with E-state index in [9.17, 15) is 22.7 Å². The Labute approximate surface area is 103 Å². The summed E-state index contributed by atoms with van der Waals surface area (Å²) in [5.74, 6) is -0.420. The number of rotatable bonds is 5. The molecule has 18 heavy (non-hydrogen) atoms. The number of alkyl halides is 3. The van der Waals surface area contributed by atoms with Crippen molar-refractivity contribution in [1.82, 2.24) is 4.90 Å². The molecule has 1 atom stereocenters. The summed E-state index contributed by atoms with van der Waals surface area (Å²) in [6, 6.07) is 5.23. The van der Waals surface area contributed by atoms with Crippen LogP contribution in [0.5, 0.6) is 0 Å². The van der Waals surface area contributed by atoms with Crippen molar-refractivity contribution in [3.05, 3.63) is 35.6 Å². The lowest BCUT2D eigenvalue weighted by Crippen LogP contribution is -2.28. The fourth-order valence-corrected chi connectivity index (χ4v) is 1.49. The molecule has 1 aromatic carbocycles. The first-order chi connectivity index (χ1) is 8.28. The Morgan fingerprint density at radius 3 is 2.28 bits per heavy atom. The van der Waals surface area contributed by atoms with Crippen LogP contribution < -0.4 is 0 Å². The number of aliphatic hydroxyl groups excluding tert-OH is 1. The zero-order valence-corrected chi connectivity index (χ0v) is 9.91. The van der Waals surface area contributed by atoms with E-state index in [2.05, 4.69) is 0 Å². The number of hydrogen-bond acceptors (Lipinski definition) is 2. The number of nitrogens with zero attached hydrogens (tertiary/aromatic N) is 1. The molecule has 0 saturated carbocycles. The minimum Gasteiger partial charge on any atom is -0.387 e. The maximum atomic E-state index is 12.6. The molecule has 0 bridgehead atoms. The van der Waals surface area contributed by atoms with Gasteiger partial charge >= 0.3 is 6.18 Å². The molecule has 0 saturated heterocycles. The fraction of sp³-hybridized carbons (Fsp3) is 0.500. The standard InChI is InChI=1S/C12H15F4NO/c1-17(7-6-12(14,15)16)8-11(18)9-2-4-10(13)5-3-9/h2-5,11,18H,6-8H2,1H3. The van der Waals surface area contributed by atoms with Gasteiger partial charge in [0.25, 0.3) is 0 Å². The van der Waals surface area contributed by atoms with E-state index >= 15 is 0 Å². The molecule has 1 aromatic rings. The van der Waals surface area contributed by atoms with Gasteiger partial charge in [0.1, 0.15) is 5.82 Å². The van der Waals surface area contributed by atoms with Crippen molar-refractivity contribution in [1.29, 1.82) is 0 Å². The summed E-state index contributed by atoms with van der Waals surface area (Å²) in [5, 5.41) is 9.77. The lowest BCUT2D eigenvalue weighted by Gasteiger charge is -2.21. The predicted molar refractivity (Wildman–Crippen MR) is 59.5 cm³/mol. The molecule has 102 valence electrons. The molecular formula is C12H15F4NO. The average molecular weight is 265 g/mol. The molecule has 0 aliphatic rings. The van der Waals surface area contributed by atoms with E-state index in [1.54, 1.807) is 0 Å². The van der Waals surface area contributed by atoms with Gasteiger partial charge in [0.2, 0.25) is 0 Å². The fourth-order valence-electron chi connectivity index (χ4n) is 1.49. The van der Waals surface area contributed by atoms with Crippen LogP contribution in [0.4, 0.5) is 17.6 Å². The minimum absolute atomic E-state index is 0.0711. The zero-order valence-electron chi connectivity index (χ0n) is 9.91. The summed E-state index contributed by atoms with van der Waals surface area (Å²) in [7, 11) is 1.50. The highest BCUT2D eigenvalue weighted by molar-refractivity contribution is 5.18. The van der Waals surface area contributed by atoms with Crippen LogP contribution in [-0.2, 0) is 0 Å². The van der Waals surface area contributed by atoms with Crippen molar-refractivity contribution in [3.63, 3.8) is 0 Å². The van der Waals surface area contributed by atoms with Crippen LogP contribution in [0.3, 0.4) is 0 Å². The van der Waals surface area contributed by atoms with Crippen LogP contribution in [-0.4, -0.2) is 36.3 Å². The highest BCUT2D eigenvalue weighted by Gasteiger charge is 2.27. The molecule has 6 heteroatoms. The van der Waals surface area contributed by atoms with Gasteiger partial charge in [0.05, 0.1) is 12.5 Å². The summed E-state index contributed by atoms with van der Waals surface area (Å²) in [4.78, 5) is 1.39. The maximum absolute atomic E-state index is 12.6. The van der Waals surface area contributed by atoms with Gasteiger partial charge in [-0.25, -0.2) is 4.39 Å². The normalized spacial score (nSPS) is 13.9. The van der Waals surface area contributed by atoms with Crippen molar-refractivity contribution in [2.75, 3.05) is 20.1 Å². The lowest BCUT2D eigenvalue weighted by atomic mass is 10.1. The Hall–Kier alpha value is -1.14. The van der Waals surface area contributed by atoms with Gasteiger partial charge in [-0.05, 0) is 24.7 Å². The van der Waals surface area contributed by atoms with Crippen molar-refractivity contribution >= 4 is 0 Å². The molecular weight excluding hydrogens is 250 g/mol. The molecule has 0 aromatic heterocycles. The molecule has 0 spiro atoms. The second-order valence-electron chi connectivity index (χ2n) is 4.19. The number of aliphatic hydroxyl groups is 1.